The van der Waals surface area contributed by atoms with Crippen molar-refractivity contribution in [2.75, 3.05) is 5.33 Å². The Hall–Kier alpha value is 0.1000. The molecule has 0 rings (SSSR count). The molecule has 0 fully saturated rings. The van der Waals surface area contributed by atoms with Crippen molar-refractivity contribution >= 4 is 26.2 Å². The van der Waals surface area contributed by atoms with Gasteiger partial charge in [-0.3, -0.25) is 0 Å². The van der Waals surface area contributed by atoms with Gasteiger partial charge in [0.15, 0.2) is 0 Å². The normalized spacial score (nSPS) is 12.8. The number of hydrogen-bond donors (Lipinski definition) is 0. The predicted molar refractivity (Wildman–Crippen MR) is 33.0 cm³/mol. The summed E-state index contributed by atoms with van der Waals surface area (Å²) in [7, 11) is -4.40. The van der Waals surface area contributed by atoms with E-state index in [1.807, 2.05) is 0 Å². The van der Waals surface area contributed by atoms with Gasteiger partial charge < -0.3 is 0 Å². The van der Waals surface area contributed by atoms with E-state index in [0.29, 0.717) is 10.7 Å². The Morgan fingerprint density at radius 2 is 2.12 bits per heavy atom. The van der Waals surface area contributed by atoms with Crippen LogP contribution in [0.4, 0.5) is 3.89 Å². The topological polar surface area (TPSA) is 34.1 Å². The van der Waals surface area contributed by atoms with Crippen molar-refractivity contribution in [3.63, 3.8) is 0 Å². The molecule has 0 N–H and O–H groups in total. The summed E-state index contributed by atoms with van der Waals surface area (Å²) >= 11 is 2.88. The molecule has 0 aliphatic heterocycles. The largest absolute Gasteiger partial charge is 0.324 e. The third-order valence-electron chi connectivity index (χ3n) is 0.348. The smallest absolute Gasteiger partial charge is 0.190 e. The van der Waals surface area contributed by atoms with Crippen LogP contribution in [-0.2, 0) is 10.2 Å². The molecule has 0 spiro atoms. The highest BCUT2D eigenvalue weighted by Gasteiger charge is 1.95. The lowest BCUT2D eigenvalue weighted by molar-refractivity contribution is 0.563. The van der Waals surface area contributed by atoms with E-state index in [9.17, 15) is 12.3 Å². The summed E-state index contributed by atoms with van der Waals surface area (Å²) in [5.41, 5.74) is 0. The standard InChI is InChI=1S/C3H4BrFO2S/c4-2-1-3-8(5,6)7/h1,3H,2H2/b3-1+. The second-order valence-electron chi connectivity index (χ2n) is 1.00. The van der Waals surface area contributed by atoms with Gasteiger partial charge in [-0.1, -0.05) is 22.0 Å². The summed E-state index contributed by atoms with van der Waals surface area (Å²) in [5, 5.41) is 0.845. The third-order valence-corrected chi connectivity index (χ3v) is 1.24. The highest BCUT2D eigenvalue weighted by atomic mass is 79.9. The first-order chi connectivity index (χ1) is 3.56. The van der Waals surface area contributed by atoms with Gasteiger partial charge in [0.05, 0.1) is 5.41 Å². The zero-order valence-electron chi connectivity index (χ0n) is 3.84. The van der Waals surface area contributed by atoms with Crippen molar-refractivity contribution < 1.29 is 12.3 Å². The van der Waals surface area contributed by atoms with Gasteiger partial charge in [-0.2, -0.15) is 8.42 Å². The zero-order valence-corrected chi connectivity index (χ0v) is 6.24. The number of allylic oxidation sites excluding steroid dienone is 1. The van der Waals surface area contributed by atoms with E-state index < -0.39 is 10.2 Å². The molecule has 0 aromatic heterocycles. The van der Waals surface area contributed by atoms with Crippen LogP contribution < -0.4 is 0 Å². The van der Waals surface area contributed by atoms with Crippen LogP contribution in [0.3, 0.4) is 0 Å². The molecular formula is C3H4BrFO2S. The minimum absolute atomic E-state index is 0.343. The van der Waals surface area contributed by atoms with Crippen LogP contribution in [0.5, 0.6) is 0 Å². The molecule has 0 aromatic carbocycles. The summed E-state index contributed by atoms with van der Waals surface area (Å²) in [6, 6.07) is 0. The number of rotatable bonds is 2. The molecule has 0 aliphatic carbocycles. The summed E-state index contributed by atoms with van der Waals surface area (Å²) in [4.78, 5) is 0. The molecule has 0 saturated carbocycles. The van der Waals surface area contributed by atoms with Crippen LogP contribution in [0.25, 0.3) is 0 Å². The second-order valence-corrected chi connectivity index (χ2v) is 2.87. The van der Waals surface area contributed by atoms with E-state index in [2.05, 4.69) is 15.9 Å². The molecule has 2 nitrogen and oxygen atoms in total. The van der Waals surface area contributed by atoms with Crippen LogP contribution in [0, 0.1) is 0 Å². The Labute approximate surface area is 55.7 Å². The Balaban J connectivity index is 3.92. The average Bonchev–Trinajstić information content (AvgIpc) is 1.59. The minimum atomic E-state index is -4.40. The van der Waals surface area contributed by atoms with Crippen molar-refractivity contribution in [3.05, 3.63) is 11.5 Å². The molecule has 0 bridgehead atoms. The van der Waals surface area contributed by atoms with Gasteiger partial charge in [-0.15, -0.1) is 3.89 Å². The molecule has 5 heteroatoms. The molecule has 48 valence electrons. The van der Waals surface area contributed by atoms with Crippen molar-refractivity contribution in [2.45, 2.75) is 0 Å². The second kappa shape index (κ2) is 3.19. The van der Waals surface area contributed by atoms with Gasteiger partial charge in [0.2, 0.25) is 0 Å². The quantitative estimate of drug-likeness (QED) is 0.499. The van der Waals surface area contributed by atoms with E-state index in [1.165, 1.54) is 0 Å². The number of halogens is 2. The Bertz CT molecular complexity index is 172. The summed E-state index contributed by atoms with van der Waals surface area (Å²) in [6.45, 7) is 0. The van der Waals surface area contributed by atoms with Crippen LogP contribution in [0.1, 0.15) is 0 Å². The molecule has 0 unspecified atom stereocenters. The minimum Gasteiger partial charge on any atom is -0.190 e. The van der Waals surface area contributed by atoms with E-state index in [1.54, 1.807) is 0 Å². The van der Waals surface area contributed by atoms with E-state index in [4.69, 9.17) is 0 Å². The van der Waals surface area contributed by atoms with Crippen molar-refractivity contribution in [3.8, 4) is 0 Å². The molecule has 0 atom stereocenters. The maximum atomic E-state index is 11.4. The van der Waals surface area contributed by atoms with Gasteiger partial charge in [-0.05, 0) is 0 Å². The summed E-state index contributed by atoms with van der Waals surface area (Å²) < 4.78 is 30.7. The van der Waals surface area contributed by atoms with Crippen LogP contribution in [0.15, 0.2) is 11.5 Å². The van der Waals surface area contributed by atoms with E-state index >= 15 is 0 Å². The molecular weight excluding hydrogens is 199 g/mol. The summed E-state index contributed by atoms with van der Waals surface area (Å²) in [6.07, 6.45) is 1.16. The molecule has 0 aromatic rings. The van der Waals surface area contributed by atoms with Gasteiger partial charge in [0.25, 0.3) is 0 Å². The first-order valence-electron chi connectivity index (χ1n) is 1.73. The molecule has 0 radical (unpaired) electrons. The molecule has 8 heavy (non-hydrogen) atoms. The first-order valence-corrected chi connectivity index (χ1v) is 4.30. The Kier molecular flexibility index (Phi) is 3.23. The molecule has 0 saturated heterocycles. The SMILES string of the molecule is O=S(=O)(F)/C=C/CBr. The summed E-state index contributed by atoms with van der Waals surface area (Å²) in [5.74, 6) is 0. The fraction of sp³-hybridized carbons (Fsp3) is 0.333. The lowest BCUT2D eigenvalue weighted by Crippen LogP contribution is -1.80. The Morgan fingerprint density at radius 1 is 1.62 bits per heavy atom. The van der Waals surface area contributed by atoms with Gasteiger partial charge >= 0.3 is 10.2 Å². The molecule has 0 amide bonds. The van der Waals surface area contributed by atoms with Crippen molar-refractivity contribution in [1.29, 1.82) is 0 Å². The number of alkyl halides is 1. The average molecular weight is 203 g/mol. The highest BCUT2D eigenvalue weighted by Crippen LogP contribution is 1.93. The van der Waals surface area contributed by atoms with E-state index in [0.717, 1.165) is 6.08 Å². The van der Waals surface area contributed by atoms with Gasteiger partial charge in [-0.25, -0.2) is 0 Å². The third kappa shape index (κ3) is 6.10. The van der Waals surface area contributed by atoms with Crippen LogP contribution in [-0.4, -0.2) is 13.7 Å². The highest BCUT2D eigenvalue weighted by molar-refractivity contribution is 9.09. The Morgan fingerprint density at radius 3 is 2.25 bits per heavy atom. The number of hydrogen-bond acceptors (Lipinski definition) is 2. The van der Waals surface area contributed by atoms with Gasteiger partial charge in [0, 0.05) is 5.33 Å². The van der Waals surface area contributed by atoms with Crippen molar-refractivity contribution in [2.24, 2.45) is 0 Å². The fourth-order valence-electron chi connectivity index (χ4n) is 0.151. The monoisotopic (exact) mass is 202 g/mol. The lowest BCUT2D eigenvalue weighted by Gasteiger charge is -1.75. The maximum Gasteiger partial charge on any atom is 0.324 e. The van der Waals surface area contributed by atoms with E-state index in [-0.39, 0.29) is 0 Å². The van der Waals surface area contributed by atoms with Gasteiger partial charge in [0.1, 0.15) is 0 Å². The predicted octanol–water partition coefficient (Wildman–Crippen LogP) is 1.19. The maximum absolute atomic E-state index is 11.4. The fourth-order valence-corrected chi connectivity index (χ4v) is 0.912. The molecule has 0 heterocycles. The molecule has 0 aliphatic rings. The van der Waals surface area contributed by atoms with Crippen molar-refractivity contribution in [1.82, 2.24) is 0 Å². The van der Waals surface area contributed by atoms with Crippen LogP contribution >= 0.6 is 15.9 Å². The lowest BCUT2D eigenvalue weighted by atomic mass is 10.8. The first kappa shape index (κ1) is 8.10. The van der Waals surface area contributed by atoms with Crippen LogP contribution in [0.2, 0.25) is 0 Å². The zero-order chi connectivity index (χ0) is 6.62.